The molecular weight excluding hydrogens is 259 g/mol. The summed E-state index contributed by atoms with van der Waals surface area (Å²) in [6.45, 7) is 1.77. The molecule has 0 spiro atoms. The largest absolute Gasteiger partial charge is 0.411 e. The Labute approximate surface area is 112 Å². The highest BCUT2D eigenvalue weighted by atomic mass is 19.4. The van der Waals surface area contributed by atoms with Gasteiger partial charge >= 0.3 is 6.18 Å². The Morgan fingerprint density at radius 3 is 2.47 bits per heavy atom. The number of halogens is 3. The van der Waals surface area contributed by atoms with Gasteiger partial charge in [-0.05, 0) is 44.6 Å². The lowest BCUT2D eigenvalue weighted by Crippen LogP contribution is -2.51. The first-order valence-electron chi connectivity index (χ1n) is 6.87. The van der Waals surface area contributed by atoms with Crippen LogP contribution in [-0.4, -0.2) is 43.2 Å². The lowest BCUT2D eigenvalue weighted by Gasteiger charge is -2.39. The van der Waals surface area contributed by atoms with E-state index in [0.717, 1.165) is 25.7 Å². The van der Waals surface area contributed by atoms with E-state index in [2.05, 4.69) is 17.0 Å². The smallest absolute Gasteiger partial charge is 0.394 e. The average molecular weight is 283 g/mol. The van der Waals surface area contributed by atoms with Crippen molar-refractivity contribution in [2.75, 3.05) is 26.4 Å². The predicted octanol–water partition coefficient (Wildman–Crippen LogP) is 2.49. The molecule has 1 saturated carbocycles. The van der Waals surface area contributed by atoms with Crippen molar-refractivity contribution in [3.63, 3.8) is 0 Å². The highest BCUT2D eigenvalue weighted by molar-refractivity contribution is 4.91. The maximum absolute atomic E-state index is 11.8. The van der Waals surface area contributed by atoms with Crippen molar-refractivity contribution in [1.29, 1.82) is 0 Å². The first kappa shape index (κ1) is 16.7. The van der Waals surface area contributed by atoms with Crippen LogP contribution in [0, 0.1) is 5.92 Å². The van der Waals surface area contributed by atoms with E-state index in [9.17, 15) is 18.3 Å². The van der Waals surface area contributed by atoms with Crippen molar-refractivity contribution in [2.24, 2.45) is 5.92 Å². The molecule has 19 heavy (non-hydrogen) atoms. The fraction of sp³-hybridized carbons (Fsp3) is 1.00. The molecule has 0 aliphatic heterocycles. The average Bonchev–Trinajstić information content (AvgIpc) is 2.35. The minimum Gasteiger partial charge on any atom is -0.394 e. The highest BCUT2D eigenvalue weighted by Gasteiger charge is 2.32. The summed E-state index contributed by atoms with van der Waals surface area (Å²) in [4.78, 5) is 0. The van der Waals surface area contributed by atoms with E-state index in [0.29, 0.717) is 18.9 Å². The highest BCUT2D eigenvalue weighted by Crippen LogP contribution is 2.31. The van der Waals surface area contributed by atoms with E-state index >= 15 is 0 Å². The van der Waals surface area contributed by atoms with Gasteiger partial charge in [0.25, 0.3) is 0 Å². The predicted molar refractivity (Wildman–Crippen MR) is 66.9 cm³/mol. The summed E-state index contributed by atoms with van der Waals surface area (Å²) in [5, 5.41) is 12.8. The molecule has 0 aromatic heterocycles. The van der Waals surface area contributed by atoms with Crippen molar-refractivity contribution in [3.05, 3.63) is 0 Å². The van der Waals surface area contributed by atoms with E-state index in [-0.39, 0.29) is 18.8 Å². The molecule has 0 bridgehead atoms. The topological polar surface area (TPSA) is 41.5 Å². The Kier molecular flexibility index (Phi) is 6.56. The number of aliphatic hydroxyl groups excluding tert-OH is 1. The minimum atomic E-state index is -4.25. The Morgan fingerprint density at radius 1 is 1.32 bits per heavy atom. The molecule has 0 aromatic carbocycles. The normalized spacial score (nSPS) is 28.6. The summed E-state index contributed by atoms with van der Waals surface area (Å²) >= 11 is 0. The summed E-state index contributed by atoms with van der Waals surface area (Å²) in [5.41, 5.74) is -0.240. The molecular formula is C13H24F3NO2. The molecule has 1 rings (SSSR count). The molecule has 114 valence electrons. The van der Waals surface area contributed by atoms with Gasteiger partial charge in [-0.3, -0.25) is 0 Å². The molecule has 1 aliphatic carbocycles. The monoisotopic (exact) mass is 283 g/mol. The van der Waals surface area contributed by atoms with Crippen molar-refractivity contribution >= 4 is 0 Å². The van der Waals surface area contributed by atoms with Crippen LogP contribution >= 0.6 is 0 Å². The summed E-state index contributed by atoms with van der Waals surface area (Å²) in [6, 6.07) is 0. The first-order valence-corrected chi connectivity index (χ1v) is 6.87. The molecule has 6 heteroatoms. The molecule has 0 radical (unpaired) electrons. The number of ether oxygens (including phenoxy) is 1. The molecule has 0 atom stereocenters. The quantitative estimate of drug-likeness (QED) is 0.705. The maximum Gasteiger partial charge on any atom is 0.411 e. The number of nitrogens with one attached hydrogen (secondary N) is 1. The van der Waals surface area contributed by atoms with Crippen LogP contribution in [0.3, 0.4) is 0 Å². The SMILES string of the molecule is CC1CCC(CO)(NCCCOCC(F)(F)F)CC1. The first-order chi connectivity index (χ1) is 8.87. The van der Waals surface area contributed by atoms with E-state index < -0.39 is 12.8 Å². The van der Waals surface area contributed by atoms with E-state index in [1.807, 2.05) is 0 Å². The van der Waals surface area contributed by atoms with Crippen molar-refractivity contribution in [3.8, 4) is 0 Å². The zero-order chi connectivity index (χ0) is 14.4. The second kappa shape index (κ2) is 7.45. The molecule has 0 saturated heterocycles. The van der Waals surface area contributed by atoms with Crippen molar-refractivity contribution in [2.45, 2.75) is 50.7 Å². The van der Waals surface area contributed by atoms with Crippen LogP contribution in [0.4, 0.5) is 13.2 Å². The number of hydrogen-bond donors (Lipinski definition) is 2. The van der Waals surface area contributed by atoms with Crippen molar-refractivity contribution in [1.82, 2.24) is 5.32 Å². The lowest BCUT2D eigenvalue weighted by molar-refractivity contribution is -0.174. The van der Waals surface area contributed by atoms with E-state index in [1.54, 1.807) is 0 Å². The Morgan fingerprint density at radius 2 is 1.95 bits per heavy atom. The summed E-state index contributed by atoms with van der Waals surface area (Å²) < 4.78 is 40.0. The van der Waals surface area contributed by atoms with Crippen LogP contribution in [0.25, 0.3) is 0 Å². The van der Waals surface area contributed by atoms with Gasteiger partial charge < -0.3 is 15.2 Å². The van der Waals surface area contributed by atoms with Crippen LogP contribution in [-0.2, 0) is 4.74 Å². The number of hydrogen-bond acceptors (Lipinski definition) is 3. The van der Waals surface area contributed by atoms with Gasteiger partial charge in [0.2, 0.25) is 0 Å². The molecule has 0 aromatic rings. The van der Waals surface area contributed by atoms with Crippen LogP contribution < -0.4 is 5.32 Å². The van der Waals surface area contributed by atoms with Gasteiger partial charge in [0.05, 0.1) is 6.61 Å². The van der Waals surface area contributed by atoms with Crippen LogP contribution in [0.5, 0.6) is 0 Å². The molecule has 0 unspecified atom stereocenters. The Bertz CT molecular complexity index is 251. The fourth-order valence-corrected chi connectivity index (χ4v) is 2.42. The third-order valence-electron chi connectivity index (χ3n) is 3.77. The van der Waals surface area contributed by atoms with Gasteiger partial charge in [-0.1, -0.05) is 6.92 Å². The lowest BCUT2D eigenvalue weighted by atomic mass is 9.77. The third-order valence-corrected chi connectivity index (χ3v) is 3.77. The number of rotatable bonds is 7. The van der Waals surface area contributed by atoms with Gasteiger partial charge in [0, 0.05) is 12.1 Å². The standard InChI is InChI=1S/C13H24F3NO2/c1-11-3-5-12(9-18,6-4-11)17-7-2-8-19-10-13(14,15)16/h11,17-18H,2-10H2,1H3. The van der Waals surface area contributed by atoms with Gasteiger partial charge in [0.15, 0.2) is 0 Å². The van der Waals surface area contributed by atoms with Gasteiger partial charge in [-0.15, -0.1) is 0 Å². The van der Waals surface area contributed by atoms with Gasteiger partial charge in [0.1, 0.15) is 6.61 Å². The third kappa shape index (κ3) is 6.58. The molecule has 1 fully saturated rings. The molecule has 0 amide bonds. The van der Waals surface area contributed by atoms with Gasteiger partial charge in [-0.2, -0.15) is 13.2 Å². The maximum atomic E-state index is 11.8. The molecule has 0 heterocycles. The number of alkyl halides is 3. The van der Waals surface area contributed by atoms with E-state index in [1.165, 1.54) is 0 Å². The van der Waals surface area contributed by atoms with Gasteiger partial charge in [-0.25, -0.2) is 0 Å². The fourth-order valence-electron chi connectivity index (χ4n) is 2.42. The van der Waals surface area contributed by atoms with Crippen LogP contribution in [0.2, 0.25) is 0 Å². The molecule has 2 N–H and O–H groups in total. The second-order valence-corrected chi connectivity index (χ2v) is 5.57. The Balaban J connectivity index is 2.13. The summed E-state index contributed by atoms with van der Waals surface area (Å²) in [6.07, 6.45) is 0.283. The van der Waals surface area contributed by atoms with E-state index in [4.69, 9.17) is 0 Å². The van der Waals surface area contributed by atoms with Crippen molar-refractivity contribution < 1.29 is 23.0 Å². The zero-order valence-electron chi connectivity index (χ0n) is 11.4. The van der Waals surface area contributed by atoms with Crippen LogP contribution in [0.1, 0.15) is 39.0 Å². The second-order valence-electron chi connectivity index (χ2n) is 5.57. The Hall–Kier alpha value is -0.330. The summed E-state index contributed by atoms with van der Waals surface area (Å²) in [7, 11) is 0. The summed E-state index contributed by atoms with van der Waals surface area (Å²) in [5.74, 6) is 0.691. The zero-order valence-corrected chi connectivity index (χ0v) is 11.4. The minimum absolute atomic E-state index is 0.0864. The molecule has 3 nitrogen and oxygen atoms in total. The number of aliphatic hydroxyl groups is 1. The van der Waals surface area contributed by atoms with Crippen LogP contribution in [0.15, 0.2) is 0 Å². The molecule has 1 aliphatic rings.